The molecule has 1 aromatic rings. The first-order chi connectivity index (χ1) is 9.45. The predicted molar refractivity (Wildman–Crippen MR) is 85.0 cm³/mol. The van der Waals surface area contributed by atoms with Crippen LogP contribution in [0.25, 0.3) is 6.08 Å². The lowest BCUT2D eigenvalue weighted by Gasteiger charge is -2.23. The highest BCUT2D eigenvalue weighted by Crippen LogP contribution is 2.28. The van der Waals surface area contributed by atoms with Crippen molar-refractivity contribution in [1.82, 2.24) is 4.90 Å². The first kappa shape index (κ1) is 15.3. The molecular formula is C16H20BrNO2. The maximum absolute atomic E-state index is 11.9. The Kier molecular flexibility index (Phi) is 5.00. The molecule has 0 N–H and O–H groups in total. The Morgan fingerprint density at radius 3 is 2.80 bits per heavy atom. The van der Waals surface area contributed by atoms with E-state index in [4.69, 9.17) is 4.74 Å². The summed E-state index contributed by atoms with van der Waals surface area (Å²) >= 11 is 3.52. The standard InChI is InChI=1S/C16H20BrNO2/c1-11(2)20-16-5-4-12(9-14(16)17)8-13-10-18(3)7-6-15(13)19/h4-5,8-9,11H,6-7,10H2,1-3H3/b13-8+. The van der Waals surface area contributed by atoms with Crippen LogP contribution >= 0.6 is 15.9 Å². The van der Waals surface area contributed by atoms with E-state index in [-0.39, 0.29) is 11.9 Å². The maximum Gasteiger partial charge on any atom is 0.161 e. The predicted octanol–water partition coefficient (Wildman–Crippen LogP) is 3.52. The SMILES string of the molecule is CC(C)Oc1ccc(/C=C2\CN(C)CCC2=O)cc1Br. The molecule has 1 saturated heterocycles. The molecule has 4 heteroatoms. The number of likely N-dealkylation sites (N-methyl/N-ethyl adjacent to an activating group) is 1. The summed E-state index contributed by atoms with van der Waals surface area (Å²) < 4.78 is 6.60. The van der Waals surface area contributed by atoms with Crippen molar-refractivity contribution >= 4 is 27.8 Å². The third-order valence-corrected chi connectivity index (χ3v) is 3.80. The van der Waals surface area contributed by atoms with Crippen LogP contribution in [0.1, 0.15) is 25.8 Å². The van der Waals surface area contributed by atoms with E-state index in [1.807, 2.05) is 45.2 Å². The van der Waals surface area contributed by atoms with Gasteiger partial charge >= 0.3 is 0 Å². The molecular weight excluding hydrogens is 318 g/mol. The van der Waals surface area contributed by atoms with Crippen LogP contribution in [0.3, 0.4) is 0 Å². The van der Waals surface area contributed by atoms with E-state index in [2.05, 4.69) is 20.8 Å². The minimum atomic E-state index is 0.143. The molecule has 0 amide bonds. The van der Waals surface area contributed by atoms with Crippen LogP contribution in [0.4, 0.5) is 0 Å². The number of ether oxygens (including phenoxy) is 1. The Morgan fingerprint density at radius 1 is 1.40 bits per heavy atom. The molecule has 1 heterocycles. The second-order valence-electron chi connectivity index (χ2n) is 5.44. The van der Waals surface area contributed by atoms with Gasteiger partial charge in [-0.1, -0.05) is 6.07 Å². The highest BCUT2D eigenvalue weighted by Gasteiger charge is 2.18. The van der Waals surface area contributed by atoms with Crippen molar-refractivity contribution in [2.75, 3.05) is 20.1 Å². The van der Waals surface area contributed by atoms with E-state index in [9.17, 15) is 4.79 Å². The normalized spacial score (nSPS) is 18.9. The third kappa shape index (κ3) is 3.93. The highest BCUT2D eigenvalue weighted by atomic mass is 79.9. The van der Waals surface area contributed by atoms with Crippen molar-refractivity contribution in [2.24, 2.45) is 0 Å². The number of nitrogens with zero attached hydrogens (tertiary/aromatic N) is 1. The van der Waals surface area contributed by atoms with Gasteiger partial charge in [-0.25, -0.2) is 0 Å². The van der Waals surface area contributed by atoms with Gasteiger partial charge in [-0.15, -0.1) is 0 Å². The zero-order valence-corrected chi connectivity index (χ0v) is 13.7. The van der Waals surface area contributed by atoms with Crippen molar-refractivity contribution in [3.63, 3.8) is 0 Å². The first-order valence-electron chi connectivity index (χ1n) is 6.84. The van der Waals surface area contributed by atoms with E-state index >= 15 is 0 Å². The van der Waals surface area contributed by atoms with Crippen molar-refractivity contribution in [1.29, 1.82) is 0 Å². The second kappa shape index (κ2) is 6.55. The lowest BCUT2D eigenvalue weighted by atomic mass is 10.0. The molecule has 1 aliphatic rings. The maximum atomic E-state index is 11.9. The number of piperidine rings is 1. The summed E-state index contributed by atoms with van der Waals surface area (Å²) in [6.07, 6.45) is 2.73. The van der Waals surface area contributed by atoms with Crippen LogP contribution < -0.4 is 4.74 Å². The van der Waals surface area contributed by atoms with E-state index in [0.717, 1.165) is 34.4 Å². The molecule has 0 aliphatic carbocycles. The highest BCUT2D eigenvalue weighted by molar-refractivity contribution is 9.10. The Bertz CT molecular complexity index is 537. The summed E-state index contributed by atoms with van der Waals surface area (Å²) in [7, 11) is 2.04. The number of carbonyl (C=O) groups is 1. The summed E-state index contributed by atoms with van der Waals surface area (Å²) in [5.74, 6) is 1.08. The Hall–Kier alpha value is -1.13. The van der Waals surface area contributed by atoms with Gasteiger partial charge in [0.2, 0.25) is 0 Å². The lowest BCUT2D eigenvalue weighted by molar-refractivity contribution is -0.117. The second-order valence-corrected chi connectivity index (χ2v) is 6.29. The van der Waals surface area contributed by atoms with Gasteiger partial charge in [0.15, 0.2) is 5.78 Å². The van der Waals surface area contributed by atoms with Gasteiger partial charge in [-0.05, 0) is 60.6 Å². The number of carbonyl (C=O) groups excluding carboxylic acids is 1. The average Bonchev–Trinajstić information content (AvgIpc) is 2.37. The first-order valence-corrected chi connectivity index (χ1v) is 7.63. The zero-order chi connectivity index (χ0) is 14.7. The number of halogens is 1. The van der Waals surface area contributed by atoms with E-state index in [0.29, 0.717) is 6.42 Å². The van der Waals surface area contributed by atoms with Crippen LogP contribution in [0.5, 0.6) is 5.75 Å². The zero-order valence-electron chi connectivity index (χ0n) is 12.1. The summed E-state index contributed by atoms with van der Waals surface area (Å²) in [4.78, 5) is 14.1. The van der Waals surface area contributed by atoms with Crippen LogP contribution in [-0.4, -0.2) is 36.9 Å². The minimum absolute atomic E-state index is 0.143. The fourth-order valence-corrected chi connectivity index (χ4v) is 2.68. The third-order valence-electron chi connectivity index (χ3n) is 3.18. The van der Waals surface area contributed by atoms with Crippen LogP contribution in [0.2, 0.25) is 0 Å². The summed E-state index contributed by atoms with van der Waals surface area (Å²) in [6, 6.07) is 5.91. The van der Waals surface area contributed by atoms with E-state index in [1.54, 1.807) is 0 Å². The molecule has 0 unspecified atom stereocenters. The monoisotopic (exact) mass is 337 g/mol. The molecule has 1 aliphatic heterocycles. The minimum Gasteiger partial charge on any atom is -0.490 e. The molecule has 1 aromatic carbocycles. The van der Waals surface area contributed by atoms with Crippen LogP contribution in [0, 0.1) is 0 Å². The molecule has 3 nitrogen and oxygen atoms in total. The van der Waals surface area contributed by atoms with Gasteiger partial charge in [-0.2, -0.15) is 0 Å². The molecule has 0 bridgehead atoms. The number of Topliss-reactive ketones (excluding diaryl/α,β-unsaturated/α-hetero) is 1. The lowest BCUT2D eigenvalue weighted by Crippen LogP contribution is -2.32. The topological polar surface area (TPSA) is 29.5 Å². The molecule has 0 atom stereocenters. The molecule has 0 radical (unpaired) electrons. The quantitative estimate of drug-likeness (QED) is 0.790. The summed E-state index contributed by atoms with van der Waals surface area (Å²) in [6.45, 7) is 5.57. The molecule has 0 aromatic heterocycles. The smallest absolute Gasteiger partial charge is 0.161 e. The fraction of sp³-hybridized carbons (Fsp3) is 0.438. The number of hydrogen-bond acceptors (Lipinski definition) is 3. The van der Waals surface area contributed by atoms with Gasteiger partial charge in [0.05, 0.1) is 10.6 Å². The van der Waals surface area contributed by atoms with Crippen LogP contribution in [0.15, 0.2) is 28.2 Å². The van der Waals surface area contributed by atoms with Gasteiger partial charge in [0.25, 0.3) is 0 Å². The number of hydrogen-bond donors (Lipinski definition) is 0. The van der Waals surface area contributed by atoms with Crippen molar-refractivity contribution < 1.29 is 9.53 Å². The summed E-state index contributed by atoms with van der Waals surface area (Å²) in [5, 5.41) is 0. The van der Waals surface area contributed by atoms with Crippen LogP contribution in [-0.2, 0) is 4.79 Å². The Balaban J connectivity index is 2.21. The van der Waals surface area contributed by atoms with Crippen molar-refractivity contribution in [3.05, 3.63) is 33.8 Å². The molecule has 20 heavy (non-hydrogen) atoms. The number of likely N-dealkylation sites (tertiary alicyclic amines) is 1. The Labute approximate surface area is 128 Å². The molecule has 0 spiro atoms. The summed E-state index contributed by atoms with van der Waals surface area (Å²) in [5.41, 5.74) is 1.90. The van der Waals surface area contributed by atoms with Gasteiger partial charge in [0, 0.05) is 25.1 Å². The van der Waals surface area contributed by atoms with Gasteiger partial charge in [0.1, 0.15) is 5.75 Å². The van der Waals surface area contributed by atoms with Crippen molar-refractivity contribution in [3.8, 4) is 5.75 Å². The van der Waals surface area contributed by atoms with Gasteiger partial charge in [-0.3, -0.25) is 4.79 Å². The number of ketones is 1. The largest absolute Gasteiger partial charge is 0.490 e. The molecule has 0 saturated carbocycles. The molecule has 2 rings (SSSR count). The Morgan fingerprint density at radius 2 is 2.15 bits per heavy atom. The van der Waals surface area contributed by atoms with E-state index < -0.39 is 0 Å². The number of benzene rings is 1. The molecule has 108 valence electrons. The van der Waals surface area contributed by atoms with E-state index in [1.165, 1.54) is 0 Å². The number of rotatable bonds is 3. The molecule has 1 fully saturated rings. The van der Waals surface area contributed by atoms with Crippen molar-refractivity contribution in [2.45, 2.75) is 26.4 Å². The average molecular weight is 338 g/mol. The van der Waals surface area contributed by atoms with Gasteiger partial charge < -0.3 is 9.64 Å². The fourth-order valence-electron chi connectivity index (χ4n) is 2.19.